The lowest BCUT2D eigenvalue weighted by molar-refractivity contribution is -0.105. The van der Waals surface area contributed by atoms with Gasteiger partial charge in [0.1, 0.15) is 6.29 Å². The third-order valence-electron chi connectivity index (χ3n) is 5.27. The fraction of sp³-hybridized carbons (Fsp3) is 0.160. The van der Waals surface area contributed by atoms with Gasteiger partial charge in [-0.3, -0.25) is 9.10 Å². The highest BCUT2D eigenvalue weighted by Crippen LogP contribution is 2.36. The van der Waals surface area contributed by atoms with E-state index in [-0.39, 0.29) is 11.5 Å². The van der Waals surface area contributed by atoms with Crippen molar-refractivity contribution >= 4 is 28.1 Å². The van der Waals surface area contributed by atoms with Crippen LogP contribution in [0.2, 0.25) is 0 Å². The summed E-state index contributed by atoms with van der Waals surface area (Å²) >= 11 is 0. The predicted molar refractivity (Wildman–Crippen MR) is 121 cm³/mol. The number of carbonyl (C=O) groups excluding carboxylic acids is 1. The lowest BCUT2D eigenvalue weighted by Crippen LogP contribution is -2.46. The standard InChI is InChI=1S/C25H23NO4S/c1-19-11-13-23(14-12-19)31(28,29)26-24-10-6-5-9-21(24)15-22(16-27)25(26)18-30-17-20-7-3-2-4-8-20/h2-16,25H,17-18H2,1H3/t25-/m1/s1. The zero-order chi connectivity index (χ0) is 21.8. The average Bonchev–Trinajstić information content (AvgIpc) is 2.79. The number of aryl methyl sites for hydroxylation is 1. The molecule has 0 aliphatic carbocycles. The van der Waals surface area contributed by atoms with Crippen molar-refractivity contribution in [2.75, 3.05) is 10.9 Å². The molecule has 5 nitrogen and oxygen atoms in total. The van der Waals surface area contributed by atoms with Crippen LogP contribution in [0.3, 0.4) is 0 Å². The number of hydrogen-bond acceptors (Lipinski definition) is 4. The van der Waals surface area contributed by atoms with Crippen LogP contribution in [-0.4, -0.2) is 27.4 Å². The highest BCUT2D eigenvalue weighted by atomic mass is 32.2. The number of hydrogen-bond donors (Lipinski definition) is 0. The second-order valence-electron chi connectivity index (χ2n) is 7.45. The molecule has 0 radical (unpaired) electrons. The Morgan fingerprint density at radius 3 is 2.32 bits per heavy atom. The number of fused-ring (bicyclic) bond motifs is 1. The lowest BCUT2D eigenvalue weighted by Gasteiger charge is -2.36. The molecule has 0 spiro atoms. The van der Waals surface area contributed by atoms with Gasteiger partial charge in [-0.1, -0.05) is 66.2 Å². The summed E-state index contributed by atoms with van der Waals surface area (Å²) in [6.45, 7) is 2.28. The Kier molecular flexibility index (Phi) is 6.02. The van der Waals surface area contributed by atoms with E-state index < -0.39 is 16.1 Å². The van der Waals surface area contributed by atoms with E-state index in [0.29, 0.717) is 29.7 Å². The minimum absolute atomic E-state index is 0.0545. The van der Waals surface area contributed by atoms with Gasteiger partial charge >= 0.3 is 0 Å². The number of nitrogens with zero attached hydrogens (tertiary/aromatic N) is 1. The first-order chi connectivity index (χ1) is 15.0. The molecule has 1 heterocycles. The number of benzene rings is 3. The Morgan fingerprint density at radius 1 is 0.935 bits per heavy atom. The van der Waals surface area contributed by atoms with Crippen LogP contribution in [0.1, 0.15) is 16.7 Å². The normalized spacial score (nSPS) is 15.8. The topological polar surface area (TPSA) is 63.7 Å². The Hall–Kier alpha value is -3.22. The quantitative estimate of drug-likeness (QED) is 0.519. The summed E-state index contributed by atoms with van der Waals surface area (Å²) in [7, 11) is -3.93. The molecule has 1 aliphatic rings. The molecule has 0 amide bonds. The second-order valence-corrected chi connectivity index (χ2v) is 9.27. The maximum Gasteiger partial charge on any atom is 0.264 e. The number of ether oxygens (including phenoxy) is 1. The SMILES string of the molecule is Cc1ccc(S(=O)(=O)N2c3ccccc3C=C(C=O)[C@H]2COCc2ccccc2)cc1. The first-order valence-electron chi connectivity index (χ1n) is 9.99. The van der Waals surface area contributed by atoms with Crippen LogP contribution in [0, 0.1) is 6.92 Å². The van der Waals surface area contributed by atoms with Crippen LogP contribution in [0.4, 0.5) is 5.69 Å². The van der Waals surface area contributed by atoms with E-state index in [1.54, 1.807) is 48.5 Å². The largest absolute Gasteiger partial charge is 0.374 e. The fourth-order valence-electron chi connectivity index (χ4n) is 3.65. The van der Waals surface area contributed by atoms with E-state index in [4.69, 9.17) is 4.74 Å². The van der Waals surface area contributed by atoms with Crippen LogP contribution in [0.5, 0.6) is 0 Å². The summed E-state index contributed by atoms with van der Waals surface area (Å²) in [6, 6.07) is 22.7. The lowest BCUT2D eigenvalue weighted by atomic mass is 9.99. The third-order valence-corrected chi connectivity index (χ3v) is 7.10. The minimum atomic E-state index is -3.93. The van der Waals surface area contributed by atoms with E-state index in [1.807, 2.05) is 43.3 Å². The minimum Gasteiger partial charge on any atom is -0.374 e. The first-order valence-corrected chi connectivity index (χ1v) is 11.4. The molecule has 158 valence electrons. The van der Waals surface area contributed by atoms with Crippen molar-refractivity contribution in [3.05, 3.63) is 101 Å². The van der Waals surface area contributed by atoms with E-state index in [2.05, 4.69) is 0 Å². The molecule has 0 unspecified atom stereocenters. The molecule has 0 saturated heterocycles. The van der Waals surface area contributed by atoms with Crippen LogP contribution in [0.25, 0.3) is 6.08 Å². The Balaban J connectivity index is 1.73. The Morgan fingerprint density at radius 2 is 1.61 bits per heavy atom. The summed E-state index contributed by atoms with van der Waals surface area (Å²) in [4.78, 5) is 12.1. The van der Waals surface area contributed by atoms with Crippen LogP contribution in [-0.2, 0) is 26.2 Å². The number of anilines is 1. The maximum absolute atomic E-state index is 13.7. The molecule has 4 rings (SSSR count). The fourth-order valence-corrected chi connectivity index (χ4v) is 5.30. The van der Waals surface area contributed by atoms with Gasteiger partial charge in [-0.15, -0.1) is 0 Å². The summed E-state index contributed by atoms with van der Waals surface area (Å²) < 4.78 is 34.6. The van der Waals surface area contributed by atoms with Gasteiger partial charge < -0.3 is 4.74 Å². The van der Waals surface area contributed by atoms with Crippen molar-refractivity contribution in [1.82, 2.24) is 0 Å². The van der Waals surface area contributed by atoms with Gasteiger partial charge in [0.15, 0.2) is 0 Å². The molecule has 0 saturated carbocycles. The monoisotopic (exact) mass is 433 g/mol. The molecule has 1 atom stereocenters. The summed E-state index contributed by atoms with van der Waals surface area (Å²) in [5.74, 6) is 0. The number of para-hydroxylation sites is 1. The van der Waals surface area contributed by atoms with Crippen molar-refractivity contribution in [3.63, 3.8) is 0 Å². The van der Waals surface area contributed by atoms with Gasteiger partial charge in [-0.05, 0) is 42.3 Å². The molecule has 31 heavy (non-hydrogen) atoms. The second kappa shape index (κ2) is 8.88. The third kappa shape index (κ3) is 4.31. The zero-order valence-corrected chi connectivity index (χ0v) is 18.0. The molecule has 0 bridgehead atoms. The van der Waals surface area contributed by atoms with Gasteiger partial charge in [0.05, 0.1) is 29.8 Å². The molecular formula is C25H23NO4S. The molecule has 3 aromatic carbocycles. The van der Waals surface area contributed by atoms with E-state index in [0.717, 1.165) is 11.1 Å². The molecule has 0 N–H and O–H groups in total. The molecule has 3 aromatic rings. The molecular weight excluding hydrogens is 410 g/mol. The van der Waals surface area contributed by atoms with Crippen LogP contribution in [0.15, 0.2) is 89.3 Å². The average molecular weight is 434 g/mol. The highest BCUT2D eigenvalue weighted by molar-refractivity contribution is 7.92. The van der Waals surface area contributed by atoms with E-state index in [9.17, 15) is 13.2 Å². The number of aldehydes is 1. The van der Waals surface area contributed by atoms with Crippen molar-refractivity contribution in [3.8, 4) is 0 Å². The predicted octanol–water partition coefficient (Wildman–Crippen LogP) is 4.37. The van der Waals surface area contributed by atoms with E-state index in [1.165, 1.54) is 4.31 Å². The smallest absolute Gasteiger partial charge is 0.264 e. The van der Waals surface area contributed by atoms with Crippen LogP contribution >= 0.6 is 0 Å². The summed E-state index contributed by atoms with van der Waals surface area (Å²) in [6.07, 6.45) is 2.45. The number of sulfonamides is 1. The van der Waals surface area contributed by atoms with Gasteiger partial charge in [-0.25, -0.2) is 8.42 Å². The maximum atomic E-state index is 13.7. The van der Waals surface area contributed by atoms with Crippen LogP contribution < -0.4 is 4.31 Å². The van der Waals surface area contributed by atoms with Crippen molar-refractivity contribution in [2.24, 2.45) is 0 Å². The zero-order valence-electron chi connectivity index (χ0n) is 17.1. The van der Waals surface area contributed by atoms with Gasteiger partial charge in [0.25, 0.3) is 10.0 Å². The Labute approximate surface area is 182 Å². The van der Waals surface area contributed by atoms with Crippen molar-refractivity contribution in [1.29, 1.82) is 0 Å². The molecule has 0 fully saturated rings. The summed E-state index contributed by atoms with van der Waals surface area (Å²) in [5, 5.41) is 0. The van der Waals surface area contributed by atoms with E-state index >= 15 is 0 Å². The van der Waals surface area contributed by atoms with Gasteiger partial charge in [0.2, 0.25) is 0 Å². The highest BCUT2D eigenvalue weighted by Gasteiger charge is 2.37. The Bertz CT molecular complexity index is 1200. The summed E-state index contributed by atoms with van der Waals surface area (Å²) in [5.41, 5.74) is 3.52. The van der Waals surface area contributed by atoms with Gasteiger partial charge in [0, 0.05) is 5.57 Å². The number of carbonyl (C=O) groups is 1. The van der Waals surface area contributed by atoms with Crippen molar-refractivity contribution in [2.45, 2.75) is 24.5 Å². The molecule has 6 heteroatoms. The molecule has 1 aliphatic heterocycles. The number of rotatable bonds is 7. The molecule has 0 aromatic heterocycles. The van der Waals surface area contributed by atoms with Crippen molar-refractivity contribution < 1.29 is 17.9 Å². The first kappa shape index (κ1) is 21.0. The van der Waals surface area contributed by atoms with Gasteiger partial charge in [-0.2, -0.15) is 0 Å².